The van der Waals surface area contributed by atoms with Crippen LogP contribution < -0.4 is 5.32 Å². The second-order valence-corrected chi connectivity index (χ2v) is 3.76. The van der Waals surface area contributed by atoms with Gasteiger partial charge in [0.15, 0.2) is 0 Å². The molecule has 1 fully saturated rings. The number of hydrogen-bond donors (Lipinski definition) is 2. The van der Waals surface area contributed by atoms with Gasteiger partial charge in [0.1, 0.15) is 5.82 Å². The average molecular weight is 223 g/mol. The summed E-state index contributed by atoms with van der Waals surface area (Å²) in [5.74, 6) is -3.08. The topological polar surface area (TPSA) is 66.4 Å². The first-order valence-electron chi connectivity index (χ1n) is 4.88. The van der Waals surface area contributed by atoms with Crippen LogP contribution in [-0.4, -0.2) is 17.0 Å². The van der Waals surface area contributed by atoms with Gasteiger partial charge in [-0.2, -0.15) is 0 Å². The van der Waals surface area contributed by atoms with Crippen molar-refractivity contribution in [2.45, 2.75) is 6.42 Å². The van der Waals surface area contributed by atoms with Gasteiger partial charge in [0.25, 0.3) is 0 Å². The molecule has 1 aromatic rings. The molecule has 16 heavy (non-hydrogen) atoms. The predicted octanol–water partition coefficient (Wildman–Crippen LogP) is 1.48. The minimum Gasteiger partial charge on any atom is -0.481 e. The molecule has 2 atom stereocenters. The highest BCUT2D eigenvalue weighted by Gasteiger charge is 2.48. The van der Waals surface area contributed by atoms with E-state index in [0.29, 0.717) is 6.42 Å². The average Bonchev–Trinajstić information content (AvgIpc) is 3.01. The van der Waals surface area contributed by atoms with Crippen LogP contribution in [0.3, 0.4) is 0 Å². The lowest BCUT2D eigenvalue weighted by atomic mass is 10.2. The third kappa shape index (κ3) is 2.03. The van der Waals surface area contributed by atoms with Gasteiger partial charge in [0, 0.05) is 0 Å². The van der Waals surface area contributed by atoms with Gasteiger partial charge < -0.3 is 10.4 Å². The first kappa shape index (κ1) is 10.6. The Bertz CT molecular complexity index is 447. The molecule has 1 aliphatic carbocycles. The lowest BCUT2D eigenvalue weighted by Gasteiger charge is -2.04. The van der Waals surface area contributed by atoms with Crippen molar-refractivity contribution in [3.63, 3.8) is 0 Å². The number of aliphatic carboxylic acids is 1. The zero-order valence-corrected chi connectivity index (χ0v) is 8.31. The minimum absolute atomic E-state index is 0.0866. The standard InChI is InChI=1S/C11H10FNO3/c12-8-3-1-2-4-9(8)13-10(14)6-5-7(6)11(15)16/h1-4,6-7H,5H2,(H,13,14)(H,15,16)/t6-,7-/m0/s1. The van der Waals surface area contributed by atoms with Crippen molar-refractivity contribution in [1.29, 1.82) is 0 Å². The molecule has 1 saturated carbocycles. The van der Waals surface area contributed by atoms with Crippen LogP contribution in [0, 0.1) is 17.7 Å². The Morgan fingerprint density at radius 2 is 2.00 bits per heavy atom. The van der Waals surface area contributed by atoms with Crippen molar-refractivity contribution in [1.82, 2.24) is 0 Å². The number of amides is 1. The quantitative estimate of drug-likeness (QED) is 0.815. The van der Waals surface area contributed by atoms with Crippen molar-refractivity contribution in [3.8, 4) is 0 Å². The number of para-hydroxylation sites is 1. The molecule has 84 valence electrons. The predicted molar refractivity (Wildman–Crippen MR) is 54.3 cm³/mol. The summed E-state index contributed by atoms with van der Waals surface area (Å²) >= 11 is 0. The summed E-state index contributed by atoms with van der Waals surface area (Å²) in [7, 11) is 0. The molecule has 0 saturated heterocycles. The molecular formula is C11H10FNO3. The maximum atomic E-state index is 13.2. The van der Waals surface area contributed by atoms with Gasteiger partial charge in [-0.25, -0.2) is 4.39 Å². The van der Waals surface area contributed by atoms with Crippen molar-refractivity contribution in [2.24, 2.45) is 11.8 Å². The van der Waals surface area contributed by atoms with Gasteiger partial charge >= 0.3 is 5.97 Å². The molecule has 0 heterocycles. The van der Waals surface area contributed by atoms with E-state index < -0.39 is 29.5 Å². The van der Waals surface area contributed by atoms with Gasteiger partial charge in [-0.05, 0) is 18.6 Å². The number of carbonyl (C=O) groups excluding carboxylic acids is 1. The SMILES string of the molecule is O=C(O)[C@H]1C[C@@H]1C(=O)Nc1ccccc1F. The number of rotatable bonds is 3. The van der Waals surface area contributed by atoms with Crippen LogP contribution in [0.2, 0.25) is 0 Å². The number of benzene rings is 1. The Kier molecular flexibility index (Phi) is 2.60. The Morgan fingerprint density at radius 3 is 2.56 bits per heavy atom. The van der Waals surface area contributed by atoms with E-state index in [4.69, 9.17) is 5.11 Å². The number of hydrogen-bond acceptors (Lipinski definition) is 2. The van der Waals surface area contributed by atoms with E-state index in [-0.39, 0.29) is 5.69 Å². The van der Waals surface area contributed by atoms with Crippen molar-refractivity contribution in [3.05, 3.63) is 30.1 Å². The normalized spacial score (nSPS) is 22.6. The van der Waals surface area contributed by atoms with Crippen LogP contribution in [0.1, 0.15) is 6.42 Å². The fraction of sp³-hybridized carbons (Fsp3) is 0.273. The summed E-state index contributed by atoms with van der Waals surface area (Å²) in [6.45, 7) is 0. The maximum absolute atomic E-state index is 13.2. The Morgan fingerprint density at radius 1 is 1.31 bits per heavy atom. The molecule has 5 heteroatoms. The van der Waals surface area contributed by atoms with E-state index in [0.717, 1.165) is 0 Å². The van der Waals surface area contributed by atoms with E-state index in [1.165, 1.54) is 18.2 Å². The highest BCUT2D eigenvalue weighted by atomic mass is 19.1. The maximum Gasteiger partial charge on any atom is 0.307 e. The van der Waals surface area contributed by atoms with Gasteiger partial charge in [0.2, 0.25) is 5.91 Å². The Labute approximate surface area is 91.1 Å². The molecule has 2 rings (SSSR count). The molecule has 0 bridgehead atoms. The number of carboxylic acid groups (broad SMARTS) is 1. The third-order valence-corrected chi connectivity index (χ3v) is 2.58. The van der Waals surface area contributed by atoms with Crippen molar-refractivity contribution >= 4 is 17.6 Å². The summed E-state index contributed by atoms with van der Waals surface area (Å²) in [6.07, 6.45) is 0.329. The fourth-order valence-corrected chi connectivity index (χ4v) is 1.55. The Balaban J connectivity index is 1.99. The van der Waals surface area contributed by atoms with Gasteiger partial charge in [-0.15, -0.1) is 0 Å². The van der Waals surface area contributed by atoms with Gasteiger partial charge in [-0.3, -0.25) is 9.59 Å². The number of anilines is 1. The fourth-order valence-electron chi connectivity index (χ4n) is 1.55. The van der Waals surface area contributed by atoms with Crippen LogP contribution in [0.4, 0.5) is 10.1 Å². The van der Waals surface area contributed by atoms with E-state index >= 15 is 0 Å². The smallest absolute Gasteiger partial charge is 0.307 e. The molecule has 0 radical (unpaired) electrons. The minimum atomic E-state index is -0.978. The molecular weight excluding hydrogens is 213 g/mol. The largest absolute Gasteiger partial charge is 0.481 e. The monoisotopic (exact) mass is 223 g/mol. The van der Waals surface area contributed by atoms with E-state index in [1.807, 2.05) is 0 Å². The molecule has 0 aliphatic heterocycles. The van der Waals surface area contributed by atoms with Crippen LogP contribution >= 0.6 is 0 Å². The molecule has 1 aromatic carbocycles. The van der Waals surface area contributed by atoms with Crippen LogP contribution in [-0.2, 0) is 9.59 Å². The molecule has 0 unspecified atom stereocenters. The summed E-state index contributed by atoms with van der Waals surface area (Å²) in [4.78, 5) is 22.0. The second kappa shape index (κ2) is 3.92. The van der Waals surface area contributed by atoms with Crippen LogP contribution in [0.25, 0.3) is 0 Å². The van der Waals surface area contributed by atoms with Gasteiger partial charge in [-0.1, -0.05) is 12.1 Å². The van der Waals surface area contributed by atoms with E-state index in [2.05, 4.69) is 5.32 Å². The zero-order valence-electron chi connectivity index (χ0n) is 8.31. The molecule has 1 amide bonds. The number of carboxylic acids is 1. The number of nitrogens with one attached hydrogen (secondary N) is 1. The summed E-state index contributed by atoms with van der Waals surface area (Å²) in [5, 5.41) is 11.0. The third-order valence-electron chi connectivity index (χ3n) is 2.58. The van der Waals surface area contributed by atoms with Crippen molar-refractivity contribution < 1.29 is 19.1 Å². The first-order valence-corrected chi connectivity index (χ1v) is 4.88. The van der Waals surface area contributed by atoms with Crippen LogP contribution in [0.15, 0.2) is 24.3 Å². The van der Waals surface area contributed by atoms with E-state index in [9.17, 15) is 14.0 Å². The highest BCUT2D eigenvalue weighted by molar-refractivity contribution is 5.98. The summed E-state index contributed by atoms with van der Waals surface area (Å²) in [6, 6.07) is 5.78. The Hall–Kier alpha value is -1.91. The number of halogens is 1. The number of carbonyl (C=O) groups is 2. The summed E-state index contributed by atoms with van der Waals surface area (Å²) < 4.78 is 13.2. The lowest BCUT2D eigenvalue weighted by Crippen LogP contribution is -2.17. The molecule has 4 nitrogen and oxygen atoms in total. The van der Waals surface area contributed by atoms with Crippen molar-refractivity contribution in [2.75, 3.05) is 5.32 Å². The molecule has 1 aliphatic rings. The molecule has 2 N–H and O–H groups in total. The second-order valence-electron chi connectivity index (χ2n) is 3.76. The summed E-state index contributed by atoms with van der Waals surface area (Å²) in [5.41, 5.74) is 0.0866. The first-order chi connectivity index (χ1) is 7.59. The van der Waals surface area contributed by atoms with Gasteiger partial charge in [0.05, 0.1) is 17.5 Å². The van der Waals surface area contributed by atoms with Crippen LogP contribution in [0.5, 0.6) is 0 Å². The zero-order chi connectivity index (χ0) is 11.7. The van der Waals surface area contributed by atoms with E-state index in [1.54, 1.807) is 6.07 Å². The lowest BCUT2D eigenvalue weighted by molar-refractivity contribution is -0.139. The molecule has 0 spiro atoms. The molecule has 0 aromatic heterocycles. The highest BCUT2D eigenvalue weighted by Crippen LogP contribution is 2.39.